The van der Waals surface area contributed by atoms with Crippen LogP contribution >= 0.6 is 11.6 Å². The molecular formula is C27H21ClN6O. The molecule has 6 aromatic rings. The van der Waals surface area contributed by atoms with Crippen LogP contribution in [-0.4, -0.2) is 34.7 Å². The van der Waals surface area contributed by atoms with Crippen molar-refractivity contribution >= 4 is 28.2 Å². The van der Waals surface area contributed by atoms with Gasteiger partial charge < -0.3 is 9.67 Å². The predicted octanol–water partition coefficient (Wildman–Crippen LogP) is 5.23. The fourth-order valence-corrected chi connectivity index (χ4v) is 4.61. The number of hydrogen-bond acceptors (Lipinski definition) is 5. The van der Waals surface area contributed by atoms with Crippen molar-refractivity contribution in [2.75, 3.05) is 0 Å². The van der Waals surface area contributed by atoms with Gasteiger partial charge in [-0.2, -0.15) is 4.52 Å². The second kappa shape index (κ2) is 8.61. The Hall–Kier alpha value is -4.07. The molecule has 3 heterocycles. The quantitative estimate of drug-likeness (QED) is 0.365. The average Bonchev–Trinajstić information content (AvgIpc) is 3.54. The van der Waals surface area contributed by atoms with E-state index in [4.69, 9.17) is 11.6 Å². The van der Waals surface area contributed by atoms with E-state index < -0.39 is 6.10 Å². The van der Waals surface area contributed by atoms with Crippen LogP contribution in [0, 0.1) is 6.92 Å². The summed E-state index contributed by atoms with van der Waals surface area (Å²) in [5.41, 5.74) is 7.32. The van der Waals surface area contributed by atoms with Crippen LogP contribution in [0.1, 0.15) is 28.5 Å². The van der Waals surface area contributed by atoms with E-state index in [2.05, 4.69) is 45.6 Å². The fraction of sp³-hybridized carbons (Fsp3) is 0.111. The highest BCUT2D eigenvalue weighted by Crippen LogP contribution is 2.33. The van der Waals surface area contributed by atoms with Crippen molar-refractivity contribution in [3.8, 4) is 11.1 Å². The number of aromatic nitrogens is 6. The lowest BCUT2D eigenvalue weighted by Crippen LogP contribution is -2.09. The minimum atomic E-state index is -0.857. The van der Waals surface area contributed by atoms with E-state index in [9.17, 15) is 5.11 Å². The van der Waals surface area contributed by atoms with Crippen molar-refractivity contribution < 1.29 is 5.11 Å². The monoisotopic (exact) mass is 480 g/mol. The molecule has 1 unspecified atom stereocenters. The fourth-order valence-electron chi connectivity index (χ4n) is 4.49. The molecule has 0 fully saturated rings. The topological polar surface area (TPSA) is 81.1 Å². The lowest BCUT2D eigenvalue weighted by Gasteiger charge is -2.16. The Morgan fingerprint density at radius 2 is 1.86 bits per heavy atom. The van der Waals surface area contributed by atoms with E-state index in [0.717, 1.165) is 38.7 Å². The van der Waals surface area contributed by atoms with Gasteiger partial charge in [0.05, 0.1) is 23.7 Å². The number of fused-ring (bicyclic) bond motifs is 3. The Kier molecular flexibility index (Phi) is 5.28. The predicted molar refractivity (Wildman–Crippen MR) is 135 cm³/mol. The Bertz CT molecular complexity index is 1670. The van der Waals surface area contributed by atoms with E-state index in [1.807, 2.05) is 59.2 Å². The second-order valence-electron chi connectivity index (χ2n) is 8.63. The number of tetrazole rings is 1. The number of aryl methyl sites for hydroxylation is 1. The molecule has 0 amide bonds. The minimum Gasteiger partial charge on any atom is -0.382 e. The first-order valence-corrected chi connectivity index (χ1v) is 11.6. The highest BCUT2D eigenvalue weighted by molar-refractivity contribution is 6.30. The van der Waals surface area contributed by atoms with Gasteiger partial charge in [-0.15, -0.1) is 5.10 Å². The molecule has 0 aliphatic rings. The molecule has 0 aliphatic carbocycles. The number of rotatable bonds is 5. The van der Waals surface area contributed by atoms with Crippen molar-refractivity contribution in [1.29, 1.82) is 0 Å². The summed E-state index contributed by atoms with van der Waals surface area (Å²) in [7, 11) is 0. The number of pyridine rings is 1. The molecule has 0 radical (unpaired) electrons. The van der Waals surface area contributed by atoms with Crippen LogP contribution in [0.5, 0.6) is 0 Å². The number of aliphatic hydroxyl groups is 1. The zero-order chi connectivity index (χ0) is 23.9. The van der Waals surface area contributed by atoms with Gasteiger partial charge in [0.2, 0.25) is 0 Å². The van der Waals surface area contributed by atoms with Gasteiger partial charge in [-0.1, -0.05) is 59.6 Å². The molecule has 3 aromatic carbocycles. The van der Waals surface area contributed by atoms with Gasteiger partial charge in [0.1, 0.15) is 6.10 Å². The molecular weight excluding hydrogens is 460 g/mol. The summed E-state index contributed by atoms with van der Waals surface area (Å²) in [5, 5.41) is 25.2. The SMILES string of the molecule is Cc1cccc(-c2cc3nnnn3c3ccc(C(O)c4cncn4Cc4ccc(Cl)cc4)cc23)c1. The molecule has 6 rings (SSSR count). The van der Waals surface area contributed by atoms with Gasteiger partial charge in [0.15, 0.2) is 5.65 Å². The third-order valence-electron chi connectivity index (χ3n) is 6.24. The number of nitrogens with zero attached hydrogens (tertiary/aromatic N) is 6. The first-order chi connectivity index (χ1) is 17.1. The average molecular weight is 481 g/mol. The number of aliphatic hydroxyl groups excluding tert-OH is 1. The normalized spacial score (nSPS) is 12.4. The first-order valence-electron chi connectivity index (χ1n) is 11.2. The highest BCUT2D eigenvalue weighted by Gasteiger charge is 2.18. The lowest BCUT2D eigenvalue weighted by molar-refractivity contribution is 0.210. The second-order valence-corrected chi connectivity index (χ2v) is 9.06. The zero-order valence-corrected chi connectivity index (χ0v) is 19.6. The van der Waals surface area contributed by atoms with Crippen LogP contribution in [0.4, 0.5) is 0 Å². The van der Waals surface area contributed by atoms with Gasteiger partial charge in [0, 0.05) is 17.0 Å². The molecule has 0 bridgehead atoms. The van der Waals surface area contributed by atoms with Crippen molar-refractivity contribution in [1.82, 2.24) is 29.6 Å². The zero-order valence-electron chi connectivity index (χ0n) is 18.9. The summed E-state index contributed by atoms with van der Waals surface area (Å²) >= 11 is 6.02. The van der Waals surface area contributed by atoms with Crippen LogP contribution < -0.4 is 0 Å². The van der Waals surface area contributed by atoms with Crippen molar-refractivity contribution in [2.45, 2.75) is 19.6 Å². The van der Waals surface area contributed by atoms with E-state index in [1.165, 1.54) is 0 Å². The van der Waals surface area contributed by atoms with Gasteiger partial charge in [-0.25, -0.2) is 4.98 Å². The van der Waals surface area contributed by atoms with Crippen molar-refractivity contribution in [3.63, 3.8) is 0 Å². The molecule has 35 heavy (non-hydrogen) atoms. The Morgan fingerprint density at radius 1 is 1.00 bits per heavy atom. The van der Waals surface area contributed by atoms with Crippen LogP contribution in [0.25, 0.3) is 27.7 Å². The Labute approximate surface area is 206 Å². The molecule has 8 heteroatoms. The van der Waals surface area contributed by atoms with Gasteiger partial charge in [-0.3, -0.25) is 0 Å². The van der Waals surface area contributed by atoms with Gasteiger partial charge >= 0.3 is 0 Å². The highest BCUT2D eigenvalue weighted by atomic mass is 35.5. The number of benzene rings is 3. The molecule has 0 saturated heterocycles. The van der Waals surface area contributed by atoms with Crippen LogP contribution in [-0.2, 0) is 6.54 Å². The van der Waals surface area contributed by atoms with Crippen LogP contribution in [0.3, 0.4) is 0 Å². The summed E-state index contributed by atoms with van der Waals surface area (Å²) in [6.45, 7) is 2.65. The van der Waals surface area contributed by atoms with E-state index in [0.29, 0.717) is 22.9 Å². The summed E-state index contributed by atoms with van der Waals surface area (Å²) in [5.74, 6) is 0. The lowest BCUT2D eigenvalue weighted by atomic mass is 9.96. The standard InChI is InChI=1S/C27H21ClN6O/c1-17-3-2-4-19(11-17)22-13-26-30-31-32-34(26)24-10-7-20(12-23(22)24)27(35)25-14-29-16-33(25)15-18-5-8-21(28)9-6-18/h2-14,16,27,35H,15H2,1H3. The van der Waals surface area contributed by atoms with Crippen LogP contribution in [0.15, 0.2) is 85.3 Å². The summed E-state index contributed by atoms with van der Waals surface area (Å²) in [4.78, 5) is 4.30. The number of hydrogen-bond donors (Lipinski definition) is 1. The number of halogens is 1. The molecule has 3 aromatic heterocycles. The molecule has 0 spiro atoms. The molecule has 7 nitrogen and oxygen atoms in total. The van der Waals surface area contributed by atoms with Gasteiger partial charge in [0.25, 0.3) is 0 Å². The van der Waals surface area contributed by atoms with Crippen molar-refractivity contribution in [3.05, 3.63) is 113 Å². The number of imidazole rings is 1. The molecule has 1 atom stereocenters. The van der Waals surface area contributed by atoms with Crippen molar-refractivity contribution in [2.24, 2.45) is 0 Å². The summed E-state index contributed by atoms with van der Waals surface area (Å²) in [6.07, 6.45) is 2.58. The van der Waals surface area contributed by atoms with Crippen LogP contribution in [0.2, 0.25) is 5.02 Å². The Balaban J connectivity index is 1.45. The van der Waals surface area contributed by atoms with E-state index >= 15 is 0 Å². The summed E-state index contributed by atoms with van der Waals surface area (Å²) in [6, 6.07) is 23.8. The summed E-state index contributed by atoms with van der Waals surface area (Å²) < 4.78 is 3.67. The molecule has 172 valence electrons. The third-order valence-corrected chi connectivity index (χ3v) is 6.49. The Morgan fingerprint density at radius 3 is 2.69 bits per heavy atom. The first kappa shape index (κ1) is 21.5. The maximum Gasteiger partial charge on any atom is 0.180 e. The third kappa shape index (κ3) is 3.95. The smallest absolute Gasteiger partial charge is 0.180 e. The van der Waals surface area contributed by atoms with Gasteiger partial charge in [-0.05, 0) is 69.9 Å². The largest absolute Gasteiger partial charge is 0.382 e. The molecule has 0 aliphatic heterocycles. The van der Waals surface area contributed by atoms with E-state index in [1.54, 1.807) is 17.0 Å². The minimum absolute atomic E-state index is 0.580. The molecule has 1 N–H and O–H groups in total. The maximum absolute atomic E-state index is 11.4. The maximum atomic E-state index is 11.4. The molecule has 0 saturated carbocycles. The van der Waals surface area contributed by atoms with E-state index in [-0.39, 0.29) is 0 Å².